The number of allylic oxidation sites excluding steroid dienone is 1. The number of fused-ring (bicyclic) bond motifs is 3. The van der Waals surface area contributed by atoms with Gasteiger partial charge < -0.3 is 15.0 Å². The predicted octanol–water partition coefficient (Wildman–Crippen LogP) is 2.75. The Hall–Kier alpha value is -2.87. The van der Waals surface area contributed by atoms with Crippen LogP contribution in [-0.4, -0.2) is 28.0 Å². The van der Waals surface area contributed by atoms with Gasteiger partial charge in [-0.1, -0.05) is 12.1 Å². The van der Waals surface area contributed by atoms with Crippen LogP contribution in [0.1, 0.15) is 18.4 Å². The Balaban J connectivity index is 1.68. The van der Waals surface area contributed by atoms with Crippen LogP contribution in [0.3, 0.4) is 0 Å². The van der Waals surface area contributed by atoms with Crippen LogP contribution in [-0.2, 0) is 21.2 Å². The molecule has 0 bridgehead atoms. The molecule has 2 heterocycles. The minimum absolute atomic E-state index is 0.151. The van der Waals surface area contributed by atoms with Crippen molar-refractivity contribution in [3.05, 3.63) is 64.4 Å². The first-order chi connectivity index (χ1) is 13.4. The van der Waals surface area contributed by atoms with Gasteiger partial charge in [0, 0.05) is 18.8 Å². The molecule has 1 fully saturated rings. The summed E-state index contributed by atoms with van der Waals surface area (Å²) in [6.45, 7) is 0.745. The maximum atomic E-state index is 13.7. The van der Waals surface area contributed by atoms with Gasteiger partial charge in [0.15, 0.2) is 4.91 Å². The van der Waals surface area contributed by atoms with Crippen LogP contribution in [0, 0.1) is 5.82 Å². The van der Waals surface area contributed by atoms with Crippen LogP contribution < -0.4 is 15.0 Å². The van der Waals surface area contributed by atoms with E-state index in [4.69, 9.17) is 4.74 Å². The summed E-state index contributed by atoms with van der Waals surface area (Å²) in [6, 6.07) is 10.8. The summed E-state index contributed by atoms with van der Waals surface area (Å²) >= 11 is 0. The van der Waals surface area contributed by atoms with Gasteiger partial charge in [-0.15, -0.1) is 0 Å². The van der Waals surface area contributed by atoms with E-state index in [9.17, 15) is 17.6 Å². The van der Waals surface area contributed by atoms with Gasteiger partial charge in [-0.3, -0.25) is 4.79 Å². The van der Waals surface area contributed by atoms with E-state index in [1.807, 2.05) is 6.07 Å². The van der Waals surface area contributed by atoms with Gasteiger partial charge in [0.25, 0.3) is 5.91 Å². The number of hydrogen-bond donors (Lipinski definition) is 1. The summed E-state index contributed by atoms with van der Waals surface area (Å²) in [5.41, 5.74) is 1.68. The average molecular weight is 402 g/mol. The van der Waals surface area contributed by atoms with Gasteiger partial charge >= 0.3 is 0 Å². The van der Waals surface area contributed by atoms with Crippen molar-refractivity contribution >= 4 is 21.4 Å². The molecule has 2 aromatic carbocycles. The molecule has 0 saturated carbocycles. The lowest BCUT2D eigenvalue weighted by Gasteiger charge is -2.30. The molecule has 1 amide bonds. The van der Waals surface area contributed by atoms with Crippen LogP contribution in [0.4, 0.5) is 10.1 Å². The van der Waals surface area contributed by atoms with Crippen molar-refractivity contribution in [3.63, 3.8) is 0 Å². The van der Waals surface area contributed by atoms with Crippen molar-refractivity contribution in [2.75, 3.05) is 18.6 Å². The first kappa shape index (κ1) is 18.5. The fourth-order valence-electron chi connectivity index (χ4n) is 3.67. The Morgan fingerprint density at radius 2 is 2.07 bits per heavy atom. The third-order valence-electron chi connectivity index (χ3n) is 4.95. The second kappa shape index (κ2) is 6.94. The third kappa shape index (κ3) is 3.03. The lowest BCUT2D eigenvalue weighted by atomic mass is 10.2. The highest BCUT2D eigenvalue weighted by molar-refractivity contribution is 7.96. The first-order valence-electron chi connectivity index (χ1n) is 8.88. The number of ether oxygens (including phenoxy) is 1. The molecule has 0 aliphatic carbocycles. The number of carbonyl (C=O) groups is 1. The summed E-state index contributed by atoms with van der Waals surface area (Å²) < 4.78 is 45.1. The quantitative estimate of drug-likeness (QED) is 0.851. The summed E-state index contributed by atoms with van der Waals surface area (Å²) in [4.78, 5) is 14.2. The number of rotatable bonds is 4. The summed E-state index contributed by atoms with van der Waals surface area (Å²) in [5, 5.41) is 2.68. The van der Waals surface area contributed by atoms with Crippen molar-refractivity contribution in [1.82, 2.24) is 5.32 Å². The molecule has 8 heteroatoms. The zero-order valence-electron chi connectivity index (χ0n) is 15.2. The van der Waals surface area contributed by atoms with Crippen LogP contribution in [0.15, 0.2) is 58.0 Å². The topological polar surface area (TPSA) is 75.7 Å². The SMILES string of the molecule is COc1cccc(CNC(=O)C2=C3CCCN3c3ccc(F)cc3S2(=O)=O)c1. The molecule has 0 atom stereocenters. The van der Waals surface area contributed by atoms with E-state index in [0.29, 0.717) is 30.1 Å². The van der Waals surface area contributed by atoms with E-state index in [2.05, 4.69) is 5.32 Å². The second-order valence-corrected chi connectivity index (χ2v) is 8.54. The summed E-state index contributed by atoms with van der Waals surface area (Å²) in [5.74, 6) is -0.689. The van der Waals surface area contributed by atoms with Gasteiger partial charge in [0.1, 0.15) is 11.6 Å². The Bertz CT molecular complexity index is 1100. The zero-order chi connectivity index (χ0) is 19.9. The fourth-order valence-corrected chi connectivity index (χ4v) is 5.45. The Kier molecular flexibility index (Phi) is 4.58. The number of sulfone groups is 1. The molecule has 0 aromatic heterocycles. The number of nitrogens with one attached hydrogen (secondary N) is 1. The van der Waals surface area contributed by atoms with Crippen LogP contribution in [0.5, 0.6) is 5.75 Å². The van der Waals surface area contributed by atoms with Crippen LogP contribution in [0.25, 0.3) is 0 Å². The van der Waals surface area contributed by atoms with Crippen molar-refractivity contribution in [2.24, 2.45) is 0 Å². The number of carbonyl (C=O) groups excluding carboxylic acids is 1. The number of anilines is 1. The Morgan fingerprint density at radius 3 is 2.86 bits per heavy atom. The smallest absolute Gasteiger partial charge is 0.265 e. The molecule has 0 spiro atoms. The van der Waals surface area contributed by atoms with Crippen molar-refractivity contribution in [3.8, 4) is 5.75 Å². The van der Waals surface area contributed by atoms with Crippen molar-refractivity contribution in [2.45, 2.75) is 24.3 Å². The maximum Gasteiger partial charge on any atom is 0.265 e. The van der Waals surface area contributed by atoms with E-state index in [0.717, 1.165) is 18.1 Å². The van der Waals surface area contributed by atoms with E-state index < -0.39 is 21.6 Å². The van der Waals surface area contributed by atoms with Crippen LogP contribution in [0.2, 0.25) is 0 Å². The Labute approximate surface area is 162 Å². The second-order valence-electron chi connectivity index (χ2n) is 6.68. The fraction of sp³-hybridized carbons (Fsp3) is 0.250. The van der Waals surface area contributed by atoms with E-state index in [1.165, 1.54) is 12.1 Å². The van der Waals surface area contributed by atoms with Gasteiger partial charge in [-0.2, -0.15) is 0 Å². The summed E-state index contributed by atoms with van der Waals surface area (Å²) in [7, 11) is -2.57. The number of nitrogens with zero attached hydrogens (tertiary/aromatic N) is 1. The monoisotopic (exact) mass is 402 g/mol. The molecular formula is C20H19FN2O4S. The van der Waals surface area contributed by atoms with Gasteiger partial charge in [0.2, 0.25) is 9.84 Å². The molecule has 4 rings (SSSR count). The van der Waals surface area contributed by atoms with Gasteiger partial charge in [-0.05, 0) is 48.7 Å². The number of hydrogen-bond acceptors (Lipinski definition) is 5. The number of benzene rings is 2. The zero-order valence-corrected chi connectivity index (χ0v) is 16.1. The maximum absolute atomic E-state index is 13.7. The number of amides is 1. The third-order valence-corrected chi connectivity index (χ3v) is 6.81. The summed E-state index contributed by atoms with van der Waals surface area (Å²) in [6.07, 6.45) is 1.21. The minimum Gasteiger partial charge on any atom is -0.497 e. The highest BCUT2D eigenvalue weighted by Crippen LogP contribution is 2.43. The lowest BCUT2D eigenvalue weighted by molar-refractivity contribution is -0.117. The van der Waals surface area contributed by atoms with Crippen molar-refractivity contribution < 1.29 is 22.3 Å². The molecule has 2 aliphatic heterocycles. The highest BCUT2D eigenvalue weighted by atomic mass is 32.2. The molecule has 1 saturated heterocycles. The molecule has 0 radical (unpaired) electrons. The molecular weight excluding hydrogens is 383 g/mol. The normalized spacial score (nSPS) is 17.1. The lowest BCUT2D eigenvalue weighted by Crippen LogP contribution is -2.35. The average Bonchev–Trinajstić information content (AvgIpc) is 3.15. The highest BCUT2D eigenvalue weighted by Gasteiger charge is 2.41. The van der Waals surface area contributed by atoms with Gasteiger partial charge in [0.05, 0.1) is 17.7 Å². The molecule has 6 nitrogen and oxygen atoms in total. The van der Waals surface area contributed by atoms with Crippen molar-refractivity contribution in [1.29, 1.82) is 0 Å². The largest absolute Gasteiger partial charge is 0.497 e. The molecule has 0 unspecified atom stereocenters. The predicted molar refractivity (Wildman–Crippen MR) is 102 cm³/mol. The van der Waals surface area contributed by atoms with E-state index in [1.54, 1.807) is 30.2 Å². The number of methoxy groups -OCH3 is 1. The van der Waals surface area contributed by atoms with Crippen LogP contribution >= 0.6 is 0 Å². The first-order valence-corrected chi connectivity index (χ1v) is 10.4. The van der Waals surface area contributed by atoms with Gasteiger partial charge in [-0.25, -0.2) is 12.8 Å². The van der Waals surface area contributed by atoms with E-state index in [-0.39, 0.29) is 16.3 Å². The van der Waals surface area contributed by atoms with E-state index >= 15 is 0 Å². The molecule has 28 heavy (non-hydrogen) atoms. The molecule has 146 valence electrons. The Morgan fingerprint density at radius 1 is 1.25 bits per heavy atom. The standard InChI is InChI=1S/C20H19FN2O4S/c1-27-15-5-2-4-13(10-15)12-22-20(24)19-17-6-3-9-23(17)16-8-7-14(21)11-18(16)28(19,25)26/h2,4-5,7-8,10-11H,3,6,9,12H2,1H3,(H,22,24). The minimum atomic E-state index is -4.11. The molecule has 2 aromatic rings. The molecule has 2 aliphatic rings. The molecule has 1 N–H and O–H groups in total. The number of halogens is 1.